The van der Waals surface area contributed by atoms with Gasteiger partial charge in [-0.2, -0.15) is 9.61 Å². The fourth-order valence-corrected chi connectivity index (χ4v) is 3.09. The molecule has 5 rings (SSSR count). The van der Waals surface area contributed by atoms with Crippen molar-refractivity contribution in [3.63, 3.8) is 0 Å². The van der Waals surface area contributed by atoms with Gasteiger partial charge in [-0.05, 0) is 49.4 Å². The van der Waals surface area contributed by atoms with Crippen molar-refractivity contribution in [1.82, 2.24) is 29.8 Å². The third-order valence-corrected chi connectivity index (χ3v) is 4.52. The van der Waals surface area contributed by atoms with Crippen molar-refractivity contribution in [3.8, 4) is 11.3 Å². The van der Waals surface area contributed by atoms with Gasteiger partial charge in [0.25, 0.3) is 5.91 Å². The molecule has 3 aromatic heterocycles. The van der Waals surface area contributed by atoms with Gasteiger partial charge in [-0.15, -0.1) is 10.2 Å². The molecule has 2 N–H and O–H groups in total. The molecule has 0 aliphatic rings. The zero-order valence-electron chi connectivity index (χ0n) is 14.9. The van der Waals surface area contributed by atoms with Crippen molar-refractivity contribution >= 4 is 28.3 Å². The molecule has 3 heterocycles. The van der Waals surface area contributed by atoms with Gasteiger partial charge in [0.05, 0.1) is 23.1 Å². The first-order chi connectivity index (χ1) is 13.7. The maximum atomic E-state index is 12.6. The average Bonchev–Trinajstić information content (AvgIpc) is 3.34. The number of anilines is 1. The molecular formula is C20H15N7O. The first kappa shape index (κ1) is 16.1. The Bertz CT molecular complexity index is 1330. The number of fused-ring (bicyclic) bond motifs is 2. The van der Waals surface area contributed by atoms with Crippen LogP contribution in [-0.4, -0.2) is 35.7 Å². The molecule has 0 atom stereocenters. The summed E-state index contributed by atoms with van der Waals surface area (Å²) < 4.78 is 1.69. The summed E-state index contributed by atoms with van der Waals surface area (Å²) >= 11 is 0. The molecule has 0 aliphatic carbocycles. The van der Waals surface area contributed by atoms with Gasteiger partial charge in [0.2, 0.25) is 0 Å². The van der Waals surface area contributed by atoms with Crippen molar-refractivity contribution in [2.24, 2.45) is 0 Å². The number of nitrogens with one attached hydrogen (secondary N) is 2. The summed E-state index contributed by atoms with van der Waals surface area (Å²) in [6, 6.07) is 16.7. The molecule has 0 saturated heterocycles. The molecule has 136 valence electrons. The Morgan fingerprint density at radius 2 is 2.00 bits per heavy atom. The van der Waals surface area contributed by atoms with Crippen LogP contribution < -0.4 is 5.32 Å². The van der Waals surface area contributed by atoms with Crippen LogP contribution in [0.25, 0.3) is 27.9 Å². The fourth-order valence-electron chi connectivity index (χ4n) is 3.09. The van der Waals surface area contributed by atoms with Crippen LogP contribution in [0, 0.1) is 6.92 Å². The van der Waals surface area contributed by atoms with Crippen LogP contribution in [-0.2, 0) is 0 Å². The van der Waals surface area contributed by atoms with Crippen LogP contribution in [0.5, 0.6) is 0 Å². The minimum Gasteiger partial charge on any atom is -0.345 e. The second-order valence-electron chi connectivity index (χ2n) is 6.41. The van der Waals surface area contributed by atoms with E-state index in [0.717, 1.165) is 28.1 Å². The number of imidazole rings is 1. The number of aryl methyl sites for hydroxylation is 1. The van der Waals surface area contributed by atoms with E-state index in [9.17, 15) is 4.79 Å². The molecular weight excluding hydrogens is 354 g/mol. The van der Waals surface area contributed by atoms with Crippen LogP contribution in [0.3, 0.4) is 0 Å². The molecule has 28 heavy (non-hydrogen) atoms. The number of hydrogen-bond donors (Lipinski definition) is 2. The molecule has 8 heteroatoms. The molecule has 0 saturated carbocycles. The number of hydrogen-bond acceptors (Lipinski definition) is 5. The molecule has 2 aromatic carbocycles. The van der Waals surface area contributed by atoms with Gasteiger partial charge in [0.15, 0.2) is 11.5 Å². The molecule has 0 bridgehead atoms. The zero-order chi connectivity index (χ0) is 19.1. The third kappa shape index (κ3) is 2.77. The highest BCUT2D eigenvalue weighted by molar-refractivity contribution is 6.06. The summed E-state index contributed by atoms with van der Waals surface area (Å²) in [4.78, 5) is 19.8. The molecule has 5 aromatic rings. The molecule has 0 unspecified atom stereocenters. The minimum absolute atomic E-state index is 0.188. The van der Waals surface area contributed by atoms with Gasteiger partial charge in [-0.3, -0.25) is 4.79 Å². The highest BCUT2D eigenvalue weighted by Gasteiger charge is 2.10. The number of rotatable bonds is 3. The van der Waals surface area contributed by atoms with E-state index in [4.69, 9.17) is 0 Å². The Balaban J connectivity index is 1.44. The maximum absolute atomic E-state index is 12.6. The summed E-state index contributed by atoms with van der Waals surface area (Å²) in [5.41, 5.74) is 5.24. The van der Waals surface area contributed by atoms with Crippen molar-refractivity contribution in [3.05, 3.63) is 72.3 Å². The van der Waals surface area contributed by atoms with E-state index in [-0.39, 0.29) is 5.91 Å². The average molecular weight is 369 g/mol. The lowest BCUT2D eigenvalue weighted by atomic mass is 10.1. The lowest BCUT2D eigenvalue weighted by Crippen LogP contribution is -2.11. The number of H-pyrrole nitrogens is 1. The first-order valence-corrected chi connectivity index (χ1v) is 8.71. The number of amides is 1. The highest BCUT2D eigenvalue weighted by atomic mass is 16.1. The van der Waals surface area contributed by atoms with Gasteiger partial charge in [-0.1, -0.05) is 12.1 Å². The standard InChI is InChI=1S/C20H15N7O/c1-12-24-25-19-8-7-16(26-27(12)19)13-3-2-4-15(9-13)23-20(28)14-5-6-17-18(10-14)22-11-21-17/h2-11H,1H3,(H,21,22)(H,23,28). The summed E-state index contributed by atoms with van der Waals surface area (Å²) in [6.45, 7) is 1.85. The van der Waals surface area contributed by atoms with Crippen LogP contribution >= 0.6 is 0 Å². The smallest absolute Gasteiger partial charge is 0.255 e. The normalized spacial score (nSPS) is 11.2. The Morgan fingerprint density at radius 1 is 1.07 bits per heavy atom. The molecule has 0 spiro atoms. The van der Waals surface area contributed by atoms with Gasteiger partial charge >= 0.3 is 0 Å². The Hall–Kier alpha value is -4.07. The molecule has 0 fully saturated rings. The topological polar surface area (TPSA) is 101 Å². The van der Waals surface area contributed by atoms with E-state index in [1.165, 1.54) is 0 Å². The van der Waals surface area contributed by atoms with E-state index >= 15 is 0 Å². The van der Waals surface area contributed by atoms with E-state index in [2.05, 4.69) is 30.6 Å². The van der Waals surface area contributed by atoms with Crippen molar-refractivity contribution in [2.75, 3.05) is 5.32 Å². The van der Waals surface area contributed by atoms with E-state index in [0.29, 0.717) is 16.9 Å². The van der Waals surface area contributed by atoms with Gasteiger partial charge < -0.3 is 10.3 Å². The second-order valence-corrected chi connectivity index (χ2v) is 6.41. The van der Waals surface area contributed by atoms with E-state index in [1.807, 2.05) is 49.4 Å². The van der Waals surface area contributed by atoms with E-state index < -0.39 is 0 Å². The minimum atomic E-state index is -0.188. The highest BCUT2D eigenvalue weighted by Crippen LogP contribution is 2.22. The third-order valence-electron chi connectivity index (χ3n) is 4.52. The van der Waals surface area contributed by atoms with Crippen LogP contribution in [0.1, 0.15) is 16.2 Å². The van der Waals surface area contributed by atoms with Crippen molar-refractivity contribution < 1.29 is 4.79 Å². The lowest BCUT2D eigenvalue weighted by molar-refractivity contribution is 0.102. The number of carbonyl (C=O) groups excluding carboxylic acids is 1. The Morgan fingerprint density at radius 3 is 2.93 bits per heavy atom. The van der Waals surface area contributed by atoms with Crippen LogP contribution in [0.2, 0.25) is 0 Å². The number of carbonyl (C=O) groups is 1. The summed E-state index contributed by atoms with van der Waals surface area (Å²) in [6.07, 6.45) is 1.61. The molecule has 8 nitrogen and oxygen atoms in total. The molecule has 1 amide bonds. The summed E-state index contributed by atoms with van der Waals surface area (Å²) in [7, 11) is 0. The van der Waals surface area contributed by atoms with Crippen molar-refractivity contribution in [2.45, 2.75) is 6.92 Å². The van der Waals surface area contributed by atoms with E-state index in [1.54, 1.807) is 23.0 Å². The fraction of sp³-hybridized carbons (Fsp3) is 0.0500. The van der Waals surface area contributed by atoms with Gasteiger partial charge in [0, 0.05) is 16.8 Å². The number of aromatic nitrogens is 6. The number of benzene rings is 2. The predicted molar refractivity (Wildman–Crippen MR) is 105 cm³/mol. The van der Waals surface area contributed by atoms with Crippen LogP contribution in [0.4, 0.5) is 5.69 Å². The second kappa shape index (κ2) is 6.27. The quantitative estimate of drug-likeness (QED) is 0.508. The number of nitrogens with zero attached hydrogens (tertiary/aromatic N) is 5. The lowest BCUT2D eigenvalue weighted by Gasteiger charge is -2.08. The predicted octanol–water partition coefficient (Wildman–Crippen LogP) is 3.23. The maximum Gasteiger partial charge on any atom is 0.255 e. The molecule has 0 radical (unpaired) electrons. The Labute approximate surface area is 159 Å². The summed E-state index contributed by atoms with van der Waals surface area (Å²) in [5, 5.41) is 15.6. The summed E-state index contributed by atoms with van der Waals surface area (Å²) in [5.74, 6) is 0.530. The Kier molecular flexibility index (Phi) is 3.61. The van der Waals surface area contributed by atoms with Gasteiger partial charge in [-0.25, -0.2) is 4.98 Å². The van der Waals surface area contributed by atoms with Crippen LogP contribution in [0.15, 0.2) is 60.9 Å². The number of aromatic amines is 1. The van der Waals surface area contributed by atoms with Crippen molar-refractivity contribution in [1.29, 1.82) is 0 Å². The van der Waals surface area contributed by atoms with Gasteiger partial charge in [0.1, 0.15) is 0 Å². The zero-order valence-corrected chi connectivity index (χ0v) is 14.9. The largest absolute Gasteiger partial charge is 0.345 e. The first-order valence-electron chi connectivity index (χ1n) is 8.71. The monoisotopic (exact) mass is 369 g/mol. The SMILES string of the molecule is Cc1nnc2ccc(-c3cccc(NC(=O)c4ccc5nc[nH]c5c4)c3)nn12. The molecule has 0 aliphatic heterocycles.